The van der Waals surface area contributed by atoms with Gasteiger partial charge in [-0.25, -0.2) is 4.79 Å². The van der Waals surface area contributed by atoms with Crippen molar-refractivity contribution in [1.82, 2.24) is 14.8 Å². The molecule has 1 saturated heterocycles. The fourth-order valence-electron chi connectivity index (χ4n) is 3.55. The average Bonchev–Trinajstić information content (AvgIpc) is 3.25. The number of fused-ring (bicyclic) bond motifs is 1. The summed E-state index contributed by atoms with van der Waals surface area (Å²) in [6.07, 6.45) is 1.12. The standard InChI is InChI=1S/C18H25N3O5/c1-11(2)26-18(24)13-5-4-6-21(13)17(23)14-9-12(16(22)19-3)15-10-25-8-7-20(14)15/h9,11,13H,4-8,10H2,1-3H3,(H,19,22)/t13-/m1/s1. The molecule has 0 radical (unpaired) electrons. The molecule has 0 aromatic carbocycles. The summed E-state index contributed by atoms with van der Waals surface area (Å²) in [6, 6.07) is 1.04. The van der Waals surface area contributed by atoms with E-state index in [-0.39, 0.29) is 30.5 Å². The molecule has 0 spiro atoms. The van der Waals surface area contributed by atoms with Crippen molar-refractivity contribution in [3.8, 4) is 0 Å². The molecule has 1 aromatic rings. The van der Waals surface area contributed by atoms with E-state index in [0.717, 1.165) is 6.42 Å². The maximum Gasteiger partial charge on any atom is 0.329 e. The molecule has 0 aliphatic carbocycles. The molecule has 8 heteroatoms. The first-order valence-electron chi connectivity index (χ1n) is 8.97. The Morgan fingerprint density at radius 3 is 2.77 bits per heavy atom. The van der Waals surface area contributed by atoms with Crippen LogP contribution in [0.15, 0.2) is 6.07 Å². The summed E-state index contributed by atoms with van der Waals surface area (Å²) < 4.78 is 12.6. The summed E-state index contributed by atoms with van der Waals surface area (Å²) in [5, 5.41) is 2.59. The monoisotopic (exact) mass is 363 g/mol. The van der Waals surface area contributed by atoms with Crippen LogP contribution in [-0.4, -0.2) is 59.6 Å². The van der Waals surface area contributed by atoms with Gasteiger partial charge in [0.15, 0.2) is 0 Å². The fraction of sp³-hybridized carbons (Fsp3) is 0.611. The zero-order chi connectivity index (χ0) is 18.8. The van der Waals surface area contributed by atoms with Crippen LogP contribution in [0.2, 0.25) is 0 Å². The lowest BCUT2D eigenvalue weighted by Crippen LogP contribution is -2.43. The molecule has 3 heterocycles. The second kappa shape index (κ2) is 7.49. The van der Waals surface area contributed by atoms with Gasteiger partial charge in [0.1, 0.15) is 11.7 Å². The van der Waals surface area contributed by atoms with Gasteiger partial charge in [0.2, 0.25) is 0 Å². The maximum absolute atomic E-state index is 13.2. The van der Waals surface area contributed by atoms with E-state index in [1.54, 1.807) is 31.9 Å². The quantitative estimate of drug-likeness (QED) is 0.804. The number of rotatable bonds is 4. The Bertz CT molecular complexity index is 725. The Kier molecular flexibility index (Phi) is 5.31. The van der Waals surface area contributed by atoms with Crippen LogP contribution in [0, 0.1) is 0 Å². The van der Waals surface area contributed by atoms with Crippen molar-refractivity contribution in [2.24, 2.45) is 0 Å². The second-order valence-corrected chi connectivity index (χ2v) is 6.82. The molecule has 1 N–H and O–H groups in total. The lowest BCUT2D eigenvalue weighted by molar-refractivity contribution is -0.152. The number of hydrogen-bond donors (Lipinski definition) is 1. The van der Waals surface area contributed by atoms with Crippen molar-refractivity contribution >= 4 is 17.8 Å². The Morgan fingerprint density at radius 2 is 2.08 bits per heavy atom. The number of esters is 1. The summed E-state index contributed by atoms with van der Waals surface area (Å²) in [5.41, 5.74) is 1.56. The number of carbonyl (C=O) groups is 3. The van der Waals surface area contributed by atoms with Crippen LogP contribution in [0.4, 0.5) is 0 Å². The molecule has 0 unspecified atom stereocenters. The molecule has 2 aliphatic rings. The van der Waals surface area contributed by atoms with E-state index in [1.165, 1.54) is 0 Å². The van der Waals surface area contributed by atoms with E-state index in [9.17, 15) is 14.4 Å². The van der Waals surface area contributed by atoms with E-state index >= 15 is 0 Å². The van der Waals surface area contributed by atoms with Gasteiger partial charge in [-0.3, -0.25) is 9.59 Å². The Labute approximate surface area is 152 Å². The third kappa shape index (κ3) is 3.33. The molecule has 2 amide bonds. The molecule has 0 saturated carbocycles. The van der Waals surface area contributed by atoms with Gasteiger partial charge in [0.05, 0.1) is 30.6 Å². The van der Waals surface area contributed by atoms with E-state index in [0.29, 0.717) is 43.1 Å². The van der Waals surface area contributed by atoms with Gasteiger partial charge in [0.25, 0.3) is 11.8 Å². The van der Waals surface area contributed by atoms with Gasteiger partial charge >= 0.3 is 5.97 Å². The predicted octanol–water partition coefficient (Wildman–Crippen LogP) is 0.934. The minimum atomic E-state index is -0.570. The molecule has 1 atom stereocenters. The molecule has 1 fully saturated rings. The summed E-state index contributed by atoms with van der Waals surface area (Å²) in [4.78, 5) is 39.2. The van der Waals surface area contributed by atoms with Gasteiger partial charge in [-0.2, -0.15) is 0 Å². The molecular formula is C18H25N3O5. The number of amides is 2. The third-order valence-electron chi connectivity index (χ3n) is 4.73. The highest BCUT2D eigenvalue weighted by atomic mass is 16.5. The highest BCUT2D eigenvalue weighted by Gasteiger charge is 2.38. The zero-order valence-electron chi connectivity index (χ0n) is 15.4. The molecule has 26 heavy (non-hydrogen) atoms. The van der Waals surface area contributed by atoms with Crippen LogP contribution in [0.1, 0.15) is 53.2 Å². The SMILES string of the molecule is CNC(=O)c1cc(C(=O)N2CCC[C@@H]2C(=O)OC(C)C)n2c1COCC2. The Morgan fingerprint density at radius 1 is 1.31 bits per heavy atom. The van der Waals surface area contributed by atoms with Crippen molar-refractivity contribution in [3.05, 3.63) is 23.0 Å². The normalized spacial score (nSPS) is 19.4. The number of hydrogen-bond acceptors (Lipinski definition) is 5. The van der Waals surface area contributed by atoms with Gasteiger partial charge in [-0.1, -0.05) is 0 Å². The van der Waals surface area contributed by atoms with Crippen molar-refractivity contribution in [3.63, 3.8) is 0 Å². The zero-order valence-corrected chi connectivity index (χ0v) is 15.4. The second-order valence-electron chi connectivity index (χ2n) is 6.82. The van der Waals surface area contributed by atoms with Crippen molar-refractivity contribution in [1.29, 1.82) is 0 Å². The summed E-state index contributed by atoms with van der Waals surface area (Å²) in [7, 11) is 1.55. The highest BCUT2D eigenvalue weighted by molar-refractivity contribution is 6.01. The van der Waals surface area contributed by atoms with Crippen molar-refractivity contribution in [2.75, 3.05) is 20.2 Å². The lowest BCUT2D eigenvalue weighted by atomic mass is 10.2. The smallest absolute Gasteiger partial charge is 0.329 e. The molecule has 1 aromatic heterocycles. The minimum absolute atomic E-state index is 0.224. The van der Waals surface area contributed by atoms with Gasteiger partial charge in [-0.05, 0) is 32.8 Å². The molecule has 3 rings (SSSR count). The van der Waals surface area contributed by atoms with Gasteiger partial charge in [0, 0.05) is 20.1 Å². The molecule has 8 nitrogen and oxygen atoms in total. The van der Waals surface area contributed by atoms with Gasteiger partial charge < -0.3 is 24.3 Å². The number of nitrogens with zero attached hydrogens (tertiary/aromatic N) is 2. The fourth-order valence-corrected chi connectivity index (χ4v) is 3.55. The van der Waals surface area contributed by atoms with E-state index in [1.807, 2.05) is 4.57 Å². The molecule has 2 aliphatic heterocycles. The molecule has 142 valence electrons. The first-order valence-corrected chi connectivity index (χ1v) is 8.97. The summed E-state index contributed by atoms with van der Waals surface area (Å²) >= 11 is 0. The van der Waals surface area contributed by atoms with Crippen LogP contribution in [0.5, 0.6) is 0 Å². The predicted molar refractivity (Wildman–Crippen MR) is 92.8 cm³/mol. The van der Waals surface area contributed by atoms with E-state index < -0.39 is 6.04 Å². The molecular weight excluding hydrogens is 338 g/mol. The summed E-state index contributed by atoms with van der Waals surface area (Å²) in [6.45, 7) is 5.35. The maximum atomic E-state index is 13.2. The Balaban J connectivity index is 1.91. The van der Waals surface area contributed by atoms with Gasteiger partial charge in [-0.15, -0.1) is 0 Å². The van der Waals surface area contributed by atoms with E-state index in [4.69, 9.17) is 9.47 Å². The van der Waals surface area contributed by atoms with Crippen LogP contribution < -0.4 is 5.32 Å². The first kappa shape index (κ1) is 18.4. The third-order valence-corrected chi connectivity index (χ3v) is 4.73. The van der Waals surface area contributed by atoms with Crippen LogP contribution >= 0.6 is 0 Å². The highest BCUT2D eigenvalue weighted by Crippen LogP contribution is 2.26. The minimum Gasteiger partial charge on any atom is -0.461 e. The number of ether oxygens (including phenoxy) is 2. The first-order chi connectivity index (χ1) is 12.4. The lowest BCUT2D eigenvalue weighted by Gasteiger charge is -2.26. The number of carbonyl (C=O) groups excluding carboxylic acids is 3. The number of nitrogens with one attached hydrogen (secondary N) is 1. The van der Waals surface area contributed by atoms with E-state index in [2.05, 4.69) is 5.32 Å². The van der Waals surface area contributed by atoms with Crippen LogP contribution in [0.25, 0.3) is 0 Å². The summed E-state index contributed by atoms with van der Waals surface area (Å²) in [5.74, 6) is -0.867. The molecule has 0 bridgehead atoms. The number of likely N-dealkylation sites (tertiary alicyclic amines) is 1. The average molecular weight is 363 g/mol. The Hall–Kier alpha value is -2.35. The largest absolute Gasteiger partial charge is 0.461 e. The van der Waals surface area contributed by atoms with Crippen LogP contribution in [0.3, 0.4) is 0 Å². The van der Waals surface area contributed by atoms with Crippen LogP contribution in [-0.2, 0) is 27.4 Å². The van der Waals surface area contributed by atoms with Crippen molar-refractivity contribution < 1.29 is 23.9 Å². The number of aromatic nitrogens is 1. The van der Waals surface area contributed by atoms with Crippen molar-refractivity contribution in [2.45, 2.75) is 52.0 Å². The topological polar surface area (TPSA) is 89.9 Å².